The minimum atomic E-state index is -1.42. The quantitative estimate of drug-likeness (QED) is 0.268. The van der Waals surface area contributed by atoms with E-state index in [0.717, 1.165) is 0 Å². The summed E-state index contributed by atoms with van der Waals surface area (Å²) >= 11 is 6.01. The van der Waals surface area contributed by atoms with Crippen LogP contribution in [0.1, 0.15) is 5.56 Å². The van der Waals surface area contributed by atoms with Gasteiger partial charge in [-0.15, -0.1) is 6.58 Å². The summed E-state index contributed by atoms with van der Waals surface area (Å²) in [5.74, 6) is -3.05. The highest BCUT2D eigenvalue weighted by Gasteiger charge is 2.13. The van der Waals surface area contributed by atoms with E-state index >= 15 is 0 Å². The van der Waals surface area contributed by atoms with Crippen molar-refractivity contribution < 1.29 is 29.0 Å². The fourth-order valence-corrected chi connectivity index (χ4v) is 1.82. The number of carbonyl (C=O) groups is 3. The normalized spacial score (nSPS) is 10.2. The van der Waals surface area contributed by atoms with Gasteiger partial charge in [-0.25, -0.2) is 5.43 Å². The van der Waals surface area contributed by atoms with Gasteiger partial charge in [0.2, 0.25) is 0 Å². The summed E-state index contributed by atoms with van der Waals surface area (Å²) in [4.78, 5) is 33.2. The highest BCUT2D eigenvalue weighted by Crippen LogP contribution is 2.35. The Morgan fingerprint density at radius 3 is 2.68 bits per heavy atom. The van der Waals surface area contributed by atoms with Gasteiger partial charge < -0.3 is 24.7 Å². The Kier molecular flexibility index (Phi) is 7.94. The second kappa shape index (κ2) is 9.93. The number of amides is 2. The van der Waals surface area contributed by atoms with Crippen molar-refractivity contribution in [2.75, 3.05) is 20.3 Å². The SMILES string of the molecule is C=CCNC(=O)C(=O)N/N=C\c1cc(Cl)c(OCC(=O)[O-])c(OC)c1. The number of carbonyl (C=O) groups excluding carboxylic acids is 3. The van der Waals surface area contributed by atoms with E-state index < -0.39 is 24.4 Å². The second-order valence-electron chi connectivity index (χ2n) is 4.39. The van der Waals surface area contributed by atoms with Crippen molar-refractivity contribution in [3.05, 3.63) is 35.4 Å². The van der Waals surface area contributed by atoms with E-state index in [1.807, 2.05) is 5.43 Å². The van der Waals surface area contributed by atoms with Gasteiger partial charge in [-0.1, -0.05) is 17.7 Å². The number of methoxy groups -OCH3 is 1. The van der Waals surface area contributed by atoms with Gasteiger partial charge in [-0.3, -0.25) is 9.59 Å². The van der Waals surface area contributed by atoms with Crippen LogP contribution in [-0.2, 0) is 14.4 Å². The van der Waals surface area contributed by atoms with Crippen LogP contribution in [0.4, 0.5) is 0 Å². The van der Waals surface area contributed by atoms with Crippen molar-refractivity contribution in [1.29, 1.82) is 0 Å². The van der Waals surface area contributed by atoms with Gasteiger partial charge in [0.15, 0.2) is 11.5 Å². The number of benzene rings is 1. The lowest BCUT2D eigenvalue weighted by Crippen LogP contribution is -2.37. The minimum Gasteiger partial charge on any atom is -0.546 e. The molecule has 0 saturated carbocycles. The molecule has 10 heteroatoms. The first-order chi connectivity index (χ1) is 11.9. The molecule has 25 heavy (non-hydrogen) atoms. The third-order valence-electron chi connectivity index (χ3n) is 2.58. The maximum absolute atomic E-state index is 11.4. The Morgan fingerprint density at radius 1 is 1.36 bits per heavy atom. The number of halogens is 1. The van der Waals surface area contributed by atoms with Crippen molar-refractivity contribution in [2.24, 2.45) is 5.10 Å². The Balaban J connectivity index is 2.80. The van der Waals surface area contributed by atoms with E-state index in [1.165, 1.54) is 31.5 Å². The molecule has 0 bridgehead atoms. The second-order valence-corrected chi connectivity index (χ2v) is 4.80. The maximum atomic E-state index is 11.4. The van der Waals surface area contributed by atoms with E-state index in [0.29, 0.717) is 5.56 Å². The third-order valence-corrected chi connectivity index (χ3v) is 2.86. The summed E-state index contributed by atoms with van der Waals surface area (Å²) in [6.45, 7) is 2.86. The molecule has 1 rings (SSSR count). The van der Waals surface area contributed by atoms with Crippen LogP contribution in [0.5, 0.6) is 11.5 Å². The largest absolute Gasteiger partial charge is 0.546 e. The number of carboxylic acids is 1. The molecule has 0 radical (unpaired) electrons. The predicted molar refractivity (Wildman–Crippen MR) is 87.4 cm³/mol. The van der Waals surface area contributed by atoms with Crippen LogP contribution in [0.2, 0.25) is 5.02 Å². The smallest absolute Gasteiger partial charge is 0.329 e. The predicted octanol–water partition coefficient (Wildman–Crippen LogP) is -0.770. The van der Waals surface area contributed by atoms with Crippen molar-refractivity contribution in [1.82, 2.24) is 10.7 Å². The molecule has 0 aromatic heterocycles. The van der Waals surface area contributed by atoms with Crippen LogP contribution in [0.15, 0.2) is 29.9 Å². The van der Waals surface area contributed by atoms with Crippen LogP contribution >= 0.6 is 11.6 Å². The molecule has 1 aromatic rings. The number of carboxylic acid groups (broad SMARTS) is 1. The van der Waals surface area contributed by atoms with Gasteiger partial charge in [0.05, 0.1) is 24.3 Å². The fraction of sp³-hybridized carbons (Fsp3) is 0.200. The first-order valence-electron chi connectivity index (χ1n) is 6.81. The topological polar surface area (TPSA) is 129 Å². The van der Waals surface area contributed by atoms with Gasteiger partial charge in [-0.05, 0) is 17.7 Å². The Bertz CT molecular complexity index is 705. The summed E-state index contributed by atoms with van der Waals surface area (Å²) in [5.41, 5.74) is 2.45. The molecule has 0 spiro atoms. The number of nitrogens with one attached hydrogen (secondary N) is 2. The lowest BCUT2D eigenvalue weighted by Gasteiger charge is -2.13. The summed E-state index contributed by atoms with van der Waals surface area (Å²) in [7, 11) is 1.34. The Morgan fingerprint density at radius 2 is 2.08 bits per heavy atom. The average Bonchev–Trinajstić information content (AvgIpc) is 2.57. The van der Waals surface area contributed by atoms with Crippen molar-refractivity contribution in [2.45, 2.75) is 0 Å². The maximum Gasteiger partial charge on any atom is 0.329 e. The zero-order chi connectivity index (χ0) is 18.8. The number of ether oxygens (including phenoxy) is 2. The monoisotopic (exact) mass is 368 g/mol. The van der Waals surface area contributed by atoms with Crippen LogP contribution in [0.25, 0.3) is 0 Å². The zero-order valence-corrected chi connectivity index (χ0v) is 14.0. The standard InChI is InChI=1S/C15H16ClN3O6/c1-3-4-17-14(22)15(23)19-18-7-9-5-10(16)13(11(6-9)24-2)25-8-12(20)21/h3,5-7H,1,4,8H2,2H3,(H,17,22)(H,19,23)(H,20,21)/p-1/b18-7-. The number of hydrogen-bond donors (Lipinski definition) is 2. The first kappa shape index (κ1) is 20.0. The molecule has 0 atom stereocenters. The molecule has 0 fully saturated rings. The Labute approximate surface area is 148 Å². The minimum absolute atomic E-state index is 0.0263. The molecule has 0 aliphatic heterocycles. The molecular formula is C15H15ClN3O6-. The Hall–Kier alpha value is -3.07. The molecule has 0 unspecified atom stereocenters. The summed E-state index contributed by atoms with van der Waals surface area (Å²) < 4.78 is 10.1. The average molecular weight is 369 g/mol. The van der Waals surface area contributed by atoms with E-state index in [4.69, 9.17) is 21.1 Å². The van der Waals surface area contributed by atoms with Crippen LogP contribution < -0.4 is 25.3 Å². The number of rotatable bonds is 8. The van der Waals surface area contributed by atoms with Crippen molar-refractivity contribution in [3.8, 4) is 11.5 Å². The summed E-state index contributed by atoms with van der Waals surface area (Å²) in [5, 5.41) is 16.4. The first-order valence-corrected chi connectivity index (χ1v) is 7.19. The molecule has 134 valence electrons. The van der Waals surface area contributed by atoms with Crippen LogP contribution in [0.3, 0.4) is 0 Å². The molecular weight excluding hydrogens is 354 g/mol. The van der Waals surface area contributed by atoms with Crippen LogP contribution in [-0.4, -0.2) is 44.3 Å². The number of hydrazone groups is 1. The molecule has 0 saturated heterocycles. The number of nitrogens with zero attached hydrogens (tertiary/aromatic N) is 1. The van der Waals surface area contributed by atoms with Crippen LogP contribution in [0, 0.1) is 0 Å². The summed E-state index contributed by atoms with van der Waals surface area (Å²) in [6.07, 6.45) is 2.64. The third kappa shape index (κ3) is 6.51. The summed E-state index contributed by atoms with van der Waals surface area (Å²) in [6, 6.07) is 2.85. The van der Waals surface area contributed by atoms with Gasteiger partial charge in [-0.2, -0.15) is 5.10 Å². The highest BCUT2D eigenvalue weighted by atomic mass is 35.5. The van der Waals surface area contributed by atoms with Crippen molar-refractivity contribution >= 4 is 35.6 Å². The van der Waals surface area contributed by atoms with E-state index in [1.54, 1.807) is 0 Å². The van der Waals surface area contributed by atoms with Gasteiger partial charge in [0.1, 0.15) is 6.61 Å². The number of aliphatic carboxylic acids is 1. The van der Waals surface area contributed by atoms with Gasteiger partial charge in [0.25, 0.3) is 0 Å². The highest BCUT2D eigenvalue weighted by molar-refractivity contribution is 6.35. The van der Waals surface area contributed by atoms with E-state index in [-0.39, 0.29) is 23.1 Å². The van der Waals surface area contributed by atoms with E-state index in [2.05, 4.69) is 17.0 Å². The lowest BCUT2D eigenvalue weighted by atomic mass is 10.2. The molecule has 1 aromatic carbocycles. The molecule has 0 aliphatic rings. The van der Waals surface area contributed by atoms with E-state index in [9.17, 15) is 19.5 Å². The zero-order valence-electron chi connectivity index (χ0n) is 13.2. The number of hydrogen-bond acceptors (Lipinski definition) is 7. The lowest BCUT2D eigenvalue weighted by molar-refractivity contribution is -0.307. The molecule has 2 N–H and O–H groups in total. The van der Waals surface area contributed by atoms with Gasteiger partial charge >= 0.3 is 11.8 Å². The molecule has 9 nitrogen and oxygen atoms in total. The van der Waals surface area contributed by atoms with Crippen molar-refractivity contribution in [3.63, 3.8) is 0 Å². The molecule has 2 amide bonds. The molecule has 0 heterocycles. The molecule has 0 aliphatic carbocycles. The fourth-order valence-electron chi connectivity index (χ4n) is 1.55. The van der Waals surface area contributed by atoms with Gasteiger partial charge in [0, 0.05) is 6.54 Å².